The van der Waals surface area contributed by atoms with Gasteiger partial charge in [0.05, 0.1) is 130 Å². The molecule has 1 aliphatic rings. The SMILES string of the molecule is Cc1nc2cc(F)c(-c3cnc(N4CCN(C(=O)COCCn5cc(COCCOCCOCCOCCNC(=O)CCCNC(=O)c6ccc(NCc7cnc8nc(N)[nH]c(=O)c8n7)cc6)nn5)CC4)nc3)nc2c(N[C@H](C)c2cc(C#N)ccc2F)c1Cl. The fourth-order valence-corrected chi connectivity index (χ4v) is 9.44. The smallest absolute Gasteiger partial charge is 0.280 e. The second-order valence-electron chi connectivity index (χ2n) is 20.5. The van der Waals surface area contributed by atoms with Crippen molar-refractivity contribution in [3.05, 3.63) is 134 Å². The zero-order valence-electron chi connectivity index (χ0n) is 49.3. The highest BCUT2D eigenvalue weighted by molar-refractivity contribution is 6.35. The van der Waals surface area contributed by atoms with E-state index in [0.29, 0.717) is 144 Å². The summed E-state index contributed by atoms with van der Waals surface area (Å²) in [5.41, 5.74) is 9.70. The minimum absolute atomic E-state index is 0.0356. The molecule has 0 bridgehead atoms. The Labute approximate surface area is 519 Å². The lowest BCUT2D eigenvalue weighted by molar-refractivity contribution is -0.136. The second-order valence-corrected chi connectivity index (χ2v) is 20.8. The number of nitrogen functional groups attached to an aromatic ring is 1. The van der Waals surface area contributed by atoms with E-state index in [4.69, 9.17) is 41.0 Å². The maximum absolute atomic E-state index is 15.6. The molecule has 7 heterocycles. The molecule has 8 aromatic rings. The zero-order chi connectivity index (χ0) is 63.4. The summed E-state index contributed by atoms with van der Waals surface area (Å²) >= 11 is 6.71. The predicted octanol–water partition coefficient (Wildman–Crippen LogP) is 4.44. The van der Waals surface area contributed by atoms with Crippen molar-refractivity contribution in [2.75, 3.05) is 120 Å². The highest BCUT2D eigenvalue weighted by Crippen LogP contribution is 2.37. The van der Waals surface area contributed by atoms with E-state index in [9.17, 15) is 28.8 Å². The quantitative estimate of drug-likeness (QED) is 0.0317. The van der Waals surface area contributed by atoms with E-state index in [-0.39, 0.29) is 94.9 Å². The molecule has 2 aromatic carbocycles. The summed E-state index contributed by atoms with van der Waals surface area (Å²) in [5, 5.41) is 29.8. The fraction of sp³-hybridized carbons (Fsp3) is 0.390. The van der Waals surface area contributed by atoms with Crippen LogP contribution in [0.15, 0.2) is 78.1 Å². The van der Waals surface area contributed by atoms with Crippen molar-refractivity contribution in [1.82, 2.24) is 70.4 Å². The van der Waals surface area contributed by atoms with Gasteiger partial charge in [0, 0.05) is 86.5 Å². The molecule has 9 rings (SSSR count). The number of carbonyl (C=O) groups excluding carboxylic acids is 3. The normalized spacial score (nSPS) is 12.7. The molecule has 472 valence electrons. The molecule has 0 saturated carbocycles. The van der Waals surface area contributed by atoms with Gasteiger partial charge >= 0.3 is 0 Å². The maximum Gasteiger partial charge on any atom is 0.280 e. The second kappa shape index (κ2) is 32.1. The first-order valence-corrected chi connectivity index (χ1v) is 29.2. The Balaban J connectivity index is 0.557. The molecule has 6 aromatic heterocycles. The lowest BCUT2D eigenvalue weighted by Gasteiger charge is -2.34. The van der Waals surface area contributed by atoms with Crippen molar-refractivity contribution in [2.24, 2.45) is 0 Å². The van der Waals surface area contributed by atoms with Crippen LogP contribution in [-0.2, 0) is 53.0 Å². The molecule has 1 aliphatic heterocycles. The van der Waals surface area contributed by atoms with Crippen molar-refractivity contribution < 1.29 is 46.8 Å². The van der Waals surface area contributed by atoms with Gasteiger partial charge in [-0.1, -0.05) is 16.8 Å². The number of hydrogen-bond donors (Lipinski definition) is 6. The third-order valence-corrected chi connectivity index (χ3v) is 14.4. The van der Waals surface area contributed by atoms with Crippen LogP contribution in [-0.4, -0.2) is 176 Å². The lowest BCUT2D eigenvalue weighted by Crippen LogP contribution is -2.50. The summed E-state index contributed by atoms with van der Waals surface area (Å²) < 4.78 is 60.1. The molecule has 0 unspecified atom stereocenters. The number of hydrogen-bond acceptors (Lipinski definition) is 23. The van der Waals surface area contributed by atoms with Gasteiger partial charge in [-0.25, -0.2) is 43.4 Å². The first-order valence-electron chi connectivity index (χ1n) is 28.8. The van der Waals surface area contributed by atoms with E-state index in [0.717, 1.165) is 5.69 Å². The zero-order valence-corrected chi connectivity index (χ0v) is 50.1. The number of aryl methyl sites for hydroxylation is 1. The topological polar surface area (TPSA) is 356 Å². The van der Waals surface area contributed by atoms with Gasteiger partial charge in [0.25, 0.3) is 11.5 Å². The number of anilines is 4. The van der Waals surface area contributed by atoms with Crippen LogP contribution in [0.1, 0.15) is 64.4 Å². The average molecular weight is 1260 g/mol. The summed E-state index contributed by atoms with van der Waals surface area (Å²) in [6.07, 6.45) is 6.90. The Morgan fingerprint density at radius 1 is 0.811 bits per heavy atom. The first-order chi connectivity index (χ1) is 43.7. The highest BCUT2D eigenvalue weighted by Gasteiger charge is 2.25. The Bertz CT molecular complexity index is 3870. The fourth-order valence-electron chi connectivity index (χ4n) is 9.25. The summed E-state index contributed by atoms with van der Waals surface area (Å²) in [6.45, 7) is 9.33. The Morgan fingerprint density at radius 2 is 1.54 bits per heavy atom. The van der Waals surface area contributed by atoms with Crippen LogP contribution in [0.2, 0.25) is 5.02 Å². The number of rotatable bonds is 32. The summed E-state index contributed by atoms with van der Waals surface area (Å²) in [4.78, 5) is 86.5. The highest BCUT2D eigenvalue weighted by atomic mass is 35.5. The number of aromatic nitrogens is 11. The molecule has 90 heavy (non-hydrogen) atoms. The number of piperazine rings is 1. The molecule has 3 amide bonds. The summed E-state index contributed by atoms with van der Waals surface area (Å²) in [6, 6.07) is 13.5. The van der Waals surface area contributed by atoms with E-state index in [2.05, 4.69) is 71.5 Å². The van der Waals surface area contributed by atoms with Crippen LogP contribution in [0.25, 0.3) is 33.5 Å². The molecule has 1 fully saturated rings. The van der Waals surface area contributed by atoms with Gasteiger partial charge < -0.3 is 60.5 Å². The number of nitriles is 1. The van der Waals surface area contributed by atoms with E-state index in [1.54, 1.807) is 53.9 Å². The van der Waals surface area contributed by atoms with Crippen LogP contribution in [0, 0.1) is 29.9 Å². The largest absolute Gasteiger partial charge is 0.379 e. The molecular weight excluding hydrogens is 1190 g/mol. The number of nitrogens with zero attached hydrogens (tertiary/aromatic N) is 13. The van der Waals surface area contributed by atoms with Crippen LogP contribution >= 0.6 is 11.6 Å². The number of nitrogens with two attached hydrogens (primary N) is 1. The van der Waals surface area contributed by atoms with Gasteiger partial charge in [-0.2, -0.15) is 10.2 Å². The van der Waals surface area contributed by atoms with Crippen LogP contribution in [0.4, 0.5) is 32.1 Å². The number of amides is 3. The number of halogens is 3. The van der Waals surface area contributed by atoms with Crippen molar-refractivity contribution >= 4 is 74.8 Å². The van der Waals surface area contributed by atoms with E-state index < -0.39 is 23.2 Å². The summed E-state index contributed by atoms with van der Waals surface area (Å²) in [5.74, 6) is -1.36. The van der Waals surface area contributed by atoms with E-state index in [1.165, 1.54) is 42.9 Å². The summed E-state index contributed by atoms with van der Waals surface area (Å²) in [7, 11) is 0. The third-order valence-electron chi connectivity index (χ3n) is 14.0. The standard InChI is InChI=1S/C59H66ClF2N19O9/c1-36(44-26-38(28-63)5-10-45(44)61)72-53-50(60)37(2)71-47-27-46(62)51(74-52(47)53)40-29-69-59(70-30-40)80-15-13-79(14-16-80)49(83)35-89-19-17-81-33-43(77-78-81)34-90-25-24-88-23-22-87-21-20-86-18-12-65-48(82)4-3-11-66-56(84)39-6-8-41(9-7-39)67-31-42-32-68-55-54(73-42)57(85)76-58(64)75-55/h5-10,26-27,29-30,32-33,36,67H,3-4,11-25,31,34-35H2,1-2H3,(H,65,82)(H,66,84)(H,71,72)(H3,64,68,75,76,85)/t36-/m1/s1. The van der Waals surface area contributed by atoms with Crippen LogP contribution in [0.5, 0.6) is 0 Å². The van der Waals surface area contributed by atoms with Crippen LogP contribution < -0.4 is 37.5 Å². The average Bonchev–Trinajstić information content (AvgIpc) is 0.888. The van der Waals surface area contributed by atoms with Gasteiger partial charge in [-0.15, -0.1) is 5.10 Å². The molecule has 0 aliphatic carbocycles. The molecule has 31 heteroatoms. The molecule has 1 atom stereocenters. The van der Waals surface area contributed by atoms with Crippen LogP contribution in [0.3, 0.4) is 0 Å². The number of carbonyl (C=O) groups is 3. The number of H-pyrrole nitrogens is 1. The third kappa shape index (κ3) is 18.1. The Morgan fingerprint density at radius 3 is 2.29 bits per heavy atom. The van der Waals surface area contributed by atoms with Gasteiger partial charge in [0.1, 0.15) is 29.3 Å². The number of pyridine rings is 2. The van der Waals surface area contributed by atoms with Crippen molar-refractivity contribution in [1.29, 1.82) is 5.26 Å². The van der Waals surface area contributed by atoms with Gasteiger partial charge in [-0.3, -0.25) is 24.2 Å². The van der Waals surface area contributed by atoms with E-state index >= 15 is 4.39 Å². The molecular formula is C59H66ClF2N19O9. The number of fused-ring (bicyclic) bond motifs is 2. The van der Waals surface area contributed by atoms with E-state index in [1.807, 2.05) is 11.0 Å². The first kappa shape index (κ1) is 64.9. The predicted molar refractivity (Wildman–Crippen MR) is 326 cm³/mol. The molecule has 1 saturated heterocycles. The lowest BCUT2D eigenvalue weighted by atomic mass is 10.0. The minimum Gasteiger partial charge on any atom is -0.379 e. The van der Waals surface area contributed by atoms with Crippen molar-refractivity contribution in [3.63, 3.8) is 0 Å². The molecule has 7 N–H and O–H groups in total. The maximum atomic E-state index is 15.6. The molecule has 28 nitrogen and oxygen atoms in total. The van der Waals surface area contributed by atoms with Crippen molar-refractivity contribution in [2.45, 2.75) is 52.4 Å². The number of nitrogens with one attached hydrogen (secondary N) is 5. The Hall–Kier alpha value is -9.51. The van der Waals surface area contributed by atoms with Gasteiger partial charge in [-0.05, 0) is 62.7 Å². The number of aromatic amines is 1. The number of ether oxygens (including phenoxy) is 5. The van der Waals surface area contributed by atoms with Gasteiger partial charge in [0.2, 0.25) is 23.7 Å². The van der Waals surface area contributed by atoms with Gasteiger partial charge in [0.15, 0.2) is 17.0 Å². The molecule has 0 spiro atoms. The number of benzene rings is 2. The van der Waals surface area contributed by atoms with Crippen molar-refractivity contribution in [3.8, 4) is 17.3 Å². The Kier molecular flexibility index (Phi) is 23.2. The minimum atomic E-state index is -0.654. The monoisotopic (exact) mass is 1260 g/mol. The molecule has 0 radical (unpaired) electrons.